The minimum Gasteiger partial charge on any atom is -0.392 e. The predicted octanol–water partition coefficient (Wildman–Crippen LogP) is 4.07. The molecule has 1 rings (SSSR count). The smallest absolute Gasteiger partial charge is 0.0648 e. The Balaban J connectivity index is 2.79. The van der Waals surface area contributed by atoms with Gasteiger partial charge in [0, 0.05) is 16.9 Å². The van der Waals surface area contributed by atoms with Crippen LogP contribution in [0.5, 0.6) is 0 Å². The van der Waals surface area contributed by atoms with Crippen LogP contribution in [-0.2, 0) is 0 Å². The van der Waals surface area contributed by atoms with Crippen molar-refractivity contribution in [3.8, 4) is 0 Å². The highest BCUT2D eigenvalue weighted by atomic mass is 79.9. The molecule has 1 aromatic rings. The van der Waals surface area contributed by atoms with Crippen molar-refractivity contribution >= 4 is 15.9 Å². The van der Waals surface area contributed by atoms with Crippen LogP contribution in [-0.4, -0.2) is 17.8 Å². The van der Waals surface area contributed by atoms with Gasteiger partial charge in [-0.3, -0.25) is 0 Å². The molecule has 0 radical (unpaired) electrons. The van der Waals surface area contributed by atoms with Gasteiger partial charge >= 0.3 is 0 Å². The van der Waals surface area contributed by atoms with E-state index in [9.17, 15) is 5.11 Å². The molecule has 108 valence electrons. The average Bonchev–Trinajstić information content (AvgIpc) is 2.42. The molecule has 0 fully saturated rings. The molecule has 3 N–H and O–H groups in total. The molecule has 0 aliphatic heterocycles. The van der Waals surface area contributed by atoms with Gasteiger partial charge in [0.2, 0.25) is 0 Å². The Morgan fingerprint density at radius 2 is 1.84 bits per heavy atom. The summed E-state index contributed by atoms with van der Waals surface area (Å²) in [6.45, 7) is 4.83. The lowest BCUT2D eigenvalue weighted by Crippen LogP contribution is -2.32. The van der Waals surface area contributed by atoms with E-state index in [4.69, 9.17) is 5.73 Å². The molecule has 19 heavy (non-hydrogen) atoms. The van der Waals surface area contributed by atoms with Crippen LogP contribution in [0.1, 0.15) is 51.0 Å². The molecule has 3 heteroatoms. The van der Waals surface area contributed by atoms with Crippen LogP contribution in [0.4, 0.5) is 0 Å². The summed E-state index contributed by atoms with van der Waals surface area (Å²) in [5.41, 5.74) is 7.03. The molecule has 0 bridgehead atoms. The van der Waals surface area contributed by atoms with E-state index in [-0.39, 0.29) is 12.0 Å². The fraction of sp³-hybridized carbons (Fsp3) is 0.625. The van der Waals surface area contributed by atoms with E-state index in [1.807, 2.05) is 12.1 Å². The average molecular weight is 328 g/mol. The van der Waals surface area contributed by atoms with Gasteiger partial charge in [-0.15, -0.1) is 0 Å². The molecule has 3 unspecified atom stereocenters. The summed E-state index contributed by atoms with van der Waals surface area (Å²) in [5, 5.41) is 10.6. The van der Waals surface area contributed by atoms with Crippen LogP contribution in [0, 0.1) is 5.92 Å². The molecule has 0 saturated carbocycles. The van der Waals surface area contributed by atoms with Crippen LogP contribution in [0.15, 0.2) is 28.7 Å². The summed E-state index contributed by atoms with van der Waals surface area (Å²) in [5.74, 6) is 0.382. The first-order chi connectivity index (χ1) is 9.13. The van der Waals surface area contributed by atoms with Gasteiger partial charge in [0.25, 0.3) is 0 Å². The second-order valence-electron chi connectivity index (χ2n) is 5.19. The second kappa shape index (κ2) is 8.72. The number of hydrogen-bond acceptors (Lipinski definition) is 2. The first-order valence-corrected chi connectivity index (χ1v) is 8.06. The highest BCUT2D eigenvalue weighted by Gasteiger charge is 2.26. The summed E-state index contributed by atoms with van der Waals surface area (Å²) in [6, 6.07) is 8.13. The summed E-state index contributed by atoms with van der Waals surface area (Å²) in [7, 11) is 0. The molecule has 1 aromatic carbocycles. The fourth-order valence-electron chi connectivity index (χ4n) is 2.59. The molecule has 0 amide bonds. The molecule has 0 heterocycles. The van der Waals surface area contributed by atoms with Gasteiger partial charge in [-0.1, -0.05) is 61.2 Å². The number of benzene rings is 1. The van der Waals surface area contributed by atoms with Crippen molar-refractivity contribution in [2.24, 2.45) is 11.7 Å². The summed E-state index contributed by atoms with van der Waals surface area (Å²) < 4.78 is 1.06. The van der Waals surface area contributed by atoms with Crippen LogP contribution in [0.3, 0.4) is 0 Å². The quantitative estimate of drug-likeness (QED) is 0.756. The van der Waals surface area contributed by atoms with Gasteiger partial charge in [-0.25, -0.2) is 0 Å². The van der Waals surface area contributed by atoms with Gasteiger partial charge in [0.15, 0.2) is 0 Å². The lowest BCUT2D eigenvalue weighted by molar-refractivity contribution is 0.0743. The van der Waals surface area contributed by atoms with E-state index in [0.717, 1.165) is 22.9 Å². The van der Waals surface area contributed by atoms with E-state index in [0.29, 0.717) is 12.5 Å². The maximum Gasteiger partial charge on any atom is 0.0648 e. The fourth-order valence-corrected chi connectivity index (χ4v) is 2.86. The maximum atomic E-state index is 10.6. The van der Waals surface area contributed by atoms with Crippen molar-refractivity contribution in [3.05, 3.63) is 34.3 Å². The second-order valence-corrected chi connectivity index (χ2v) is 6.11. The Morgan fingerprint density at radius 3 is 2.32 bits per heavy atom. The molecule has 2 nitrogen and oxygen atoms in total. The number of rotatable bonds is 8. The van der Waals surface area contributed by atoms with Crippen molar-refractivity contribution < 1.29 is 5.11 Å². The normalized spacial score (nSPS) is 16.1. The van der Waals surface area contributed by atoms with E-state index >= 15 is 0 Å². The topological polar surface area (TPSA) is 46.2 Å². The molecular weight excluding hydrogens is 302 g/mol. The molecule has 0 aliphatic carbocycles. The maximum absolute atomic E-state index is 10.6. The first kappa shape index (κ1) is 16.7. The van der Waals surface area contributed by atoms with E-state index < -0.39 is 0 Å². The summed E-state index contributed by atoms with van der Waals surface area (Å²) >= 11 is 3.44. The third-order valence-corrected chi connectivity index (χ3v) is 4.43. The van der Waals surface area contributed by atoms with Crippen molar-refractivity contribution in [3.63, 3.8) is 0 Å². The van der Waals surface area contributed by atoms with Crippen LogP contribution in [0.25, 0.3) is 0 Å². The van der Waals surface area contributed by atoms with Crippen LogP contribution in [0.2, 0.25) is 0 Å². The van der Waals surface area contributed by atoms with E-state index in [1.54, 1.807) is 0 Å². The Bertz CT molecular complexity index is 352. The largest absolute Gasteiger partial charge is 0.392 e. The minimum absolute atomic E-state index is 0.0370. The minimum atomic E-state index is -0.345. The van der Waals surface area contributed by atoms with Crippen molar-refractivity contribution in [2.45, 2.75) is 51.6 Å². The third-order valence-electron chi connectivity index (χ3n) is 3.90. The standard InChI is InChI=1S/C16H26BrNO/c1-3-5-6-12(4-2)16(19)15(11-18)13-7-9-14(17)10-8-13/h7-10,12,15-16,19H,3-6,11,18H2,1-2H3. The predicted molar refractivity (Wildman–Crippen MR) is 85.3 cm³/mol. The van der Waals surface area contributed by atoms with Gasteiger partial charge < -0.3 is 10.8 Å². The molecule has 0 spiro atoms. The van der Waals surface area contributed by atoms with Gasteiger partial charge in [0.05, 0.1) is 6.10 Å². The first-order valence-electron chi connectivity index (χ1n) is 7.27. The lowest BCUT2D eigenvalue weighted by Gasteiger charge is -2.29. The summed E-state index contributed by atoms with van der Waals surface area (Å²) in [4.78, 5) is 0. The Hall–Kier alpha value is -0.380. The third kappa shape index (κ3) is 4.90. The number of unbranched alkanes of at least 4 members (excludes halogenated alkanes) is 1. The Labute approximate surface area is 125 Å². The highest BCUT2D eigenvalue weighted by molar-refractivity contribution is 9.10. The van der Waals surface area contributed by atoms with Crippen LogP contribution >= 0.6 is 15.9 Å². The zero-order valence-electron chi connectivity index (χ0n) is 12.0. The molecule has 0 saturated heterocycles. The molecule has 3 atom stereocenters. The number of aliphatic hydroxyl groups excluding tert-OH is 1. The highest BCUT2D eigenvalue weighted by Crippen LogP contribution is 2.29. The number of nitrogens with two attached hydrogens (primary N) is 1. The van der Waals surface area contributed by atoms with Crippen molar-refractivity contribution in [1.29, 1.82) is 0 Å². The monoisotopic (exact) mass is 327 g/mol. The van der Waals surface area contributed by atoms with E-state index in [2.05, 4.69) is 41.9 Å². The molecule has 0 aromatic heterocycles. The Morgan fingerprint density at radius 1 is 1.21 bits per heavy atom. The number of hydrogen-bond donors (Lipinski definition) is 2. The zero-order valence-corrected chi connectivity index (χ0v) is 13.6. The SMILES string of the molecule is CCCCC(CC)C(O)C(CN)c1ccc(Br)cc1. The Kier molecular flexibility index (Phi) is 7.66. The number of aliphatic hydroxyl groups is 1. The van der Waals surface area contributed by atoms with Crippen molar-refractivity contribution in [2.75, 3.05) is 6.54 Å². The summed E-state index contributed by atoms with van der Waals surface area (Å²) in [6.07, 6.45) is 4.10. The molecular formula is C16H26BrNO. The van der Waals surface area contributed by atoms with Crippen molar-refractivity contribution in [1.82, 2.24) is 0 Å². The lowest BCUT2D eigenvalue weighted by atomic mass is 9.82. The van der Waals surface area contributed by atoms with Gasteiger partial charge in [-0.2, -0.15) is 0 Å². The van der Waals surface area contributed by atoms with Crippen LogP contribution < -0.4 is 5.73 Å². The molecule has 0 aliphatic rings. The van der Waals surface area contributed by atoms with E-state index in [1.165, 1.54) is 12.8 Å². The van der Waals surface area contributed by atoms with Gasteiger partial charge in [-0.05, 0) is 30.0 Å². The number of halogens is 1. The zero-order chi connectivity index (χ0) is 14.3. The van der Waals surface area contributed by atoms with Gasteiger partial charge in [0.1, 0.15) is 0 Å².